The van der Waals surface area contributed by atoms with Crippen molar-refractivity contribution in [3.05, 3.63) is 60.2 Å². The number of ether oxygens (including phenoxy) is 1. The van der Waals surface area contributed by atoms with Crippen LogP contribution in [0.25, 0.3) is 0 Å². The van der Waals surface area contributed by atoms with Crippen LogP contribution in [-0.4, -0.2) is 44.3 Å². The van der Waals surface area contributed by atoms with Gasteiger partial charge in [0.2, 0.25) is 10.0 Å². The number of nitrogens with one attached hydrogen (secondary N) is 1. The van der Waals surface area contributed by atoms with Crippen LogP contribution in [0.2, 0.25) is 0 Å². The van der Waals surface area contributed by atoms with Crippen molar-refractivity contribution in [1.29, 1.82) is 0 Å². The second-order valence-corrected chi connectivity index (χ2v) is 9.27. The number of hydrogen-bond donors (Lipinski definition) is 1. The van der Waals surface area contributed by atoms with E-state index in [1.54, 1.807) is 49.5 Å². The van der Waals surface area contributed by atoms with Crippen LogP contribution in [0.4, 0.5) is 5.69 Å². The number of carbonyl (C=O) groups excluding carboxylic acids is 2. The molecule has 2 aromatic rings. The smallest absolute Gasteiger partial charge is 0.338 e. The highest BCUT2D eigenvalue weighted by Gasteiger charge is 2.31. The first-order chi connectivity index (χ1) is 14.4. The lowest BCUT2D eigenvalue weighted by atomic mass is 9.96. The monoisotopic (exact) mass is 430 g/mol. The van der Waals surface area contributed by atoms with E-state index in [0.29, 0.717) is 5.56 Å². The molecule has 0 bridgehead atoms. The topological polar surface area (TPSA) is 92.8 Å². The maximum atomic E-state index is 13.2. The Kier molecular flexibility index (Phi) is 7.23. The summed E-state index contributed by atoms with van der Waals surface area (Å²) >= 11 is 0. The number of rotatable bonds is 7. The second-order valence-electron chi connectivity index (χ2n) is 7.30. The number of anilines is 1. The van der Waals surface area contributed by atoms with Crippen molar-refractivity contribution in [2.75, 3.05) is 19.0 Å². The van der Waals surface area contributed by atoms with Crippen LogP contribution >= 0.6 is 0 Å². The average Bonchev–Trinajstić information content (AvgIpc) is 2.78. The van der Waals surface area contributed by atoms with Gasteiger partial charge in [0.1, 0.15) is 4.90 Å². The summed E-state index contributed by atoms with van der Waals surface area (Å²) in [4.78, 5) is 24.3. The number of nitrogens with zero attached hydrogens (tertiary/aromatic N) is 1. The van der Waals surface area contributed by atoms with E-state index in [0.717, 1.165) is 32.1 Å². The summed E-state index contributed by atoms with van der Waals surface area (Å²) in [5.74, 6) is -1.23. The van der Waals surface area contributed by atoms with Gasteiger partial charge in [-0.1, -0.05) is 49.6 Å². The van der Waals surface area contributed by atoms with Gasteiger partial charge < -0.3 is 10.1 Å². The molecule has 0 atom stereocenters. The molecule has 1 aliphatic rings. The SMILES string of the molecule is CN(C1CCCCC1)S(=O)(=O)c1ccccc1NC(=O)COC(=O)c1ccccc1. The van der Waals surface area contributed by atoms with Crippen LogP contribution in [-0.2, 0) is 19.6 Å². The van der Waals surface area contributed by atoms with Crippen LogP contribution in [0.1, 0.15) is 42.5 Å². The summed E-state index contributed by atoms with van der Waals surface area (Å²) in [5, 5.41) is 2.56. The molecule has 2 aromatic carbocycles. The summed E-state index contributed by atoms with van der Waals surface area (Å²) in [5.41, 5.74) is 0.503. The van der Waals surface area contributed by atoms with Gasteiger partial charge in [-0.25, -0.2) is 13.2 Å². The van der Waals surface area contributed by atoms with Crippen molar-refractivity contribution < 1.29 is 22.7 Å². The zero-order chi connectivity index (χ0) is 21.6. The van der Waals surface area contributed by atoms with E-state index < -0.39 is 28.5 Å². The van der Waals surface area contributed by atoms with Crippen LogP contribution in [0, 0.1) is 0 Å². The summed E-state index contributed by atoms with van der Waals surface area (Å²) in [7, 11) is -2.19. The Morgan fingerprint density at radius 2 is 1.63 bits per heavy atom. The lowest BCUT2D eigenvalue weighted by Crippen LogP contribution is -2.38. The highest BCUT2D eigenvalue weighted by Crippen LogP contribution is 2.29. The highest BCUT2D eigenvalue weighted by atomic mass is 32.2. The van der Waals surface area contributed by atoms with Gasteiger partial charge in [0.05, 0.1) is 11.3 Å². The number of benzene rings is 2. The van der Waals surface area contributed by atoms with E-state index in [-0.39, 0.29) is 16.6 Å². The standard InChI is InChI=1S/C22H26N2O5S/c1-24(18-12-6-3-7-13-18)30(27,28)20-15-9-8-14-19(20)23-21(25)16-29-22(26)17-10-4-2-5-11-17/h2,4-5,8-11,14-15,18H,3,6-7,12-13,16H2,1H3,(H,23,25). The van der Waals surface area contributed by atoms with E-state index >= 15 is 0 Å². The molecule has 0 heterocycles. The molecule has 1 N–H and O–H groups in total. The van der Waals surface area contributed by atoms with Gasteiger partial charge in [-0.15, -0.1) is 0 Å². The number of hydrogen-bond acceptors (Lipinski definition) is 5. The van der Waals surface area contributed by atoms with Gasteiger partial charge in [-0.2, -0.15) is 4.31 Å². The summed E-state index contributed by atoms with van der Waals surface area (Å²) < 4.78 is 32.8. The molecular weight excluding hydrogens is 404 g/mol. The van der Waals surface area contributed by atoms with Gasteiger partial charge >= 0.3 is 5.97 Å². The van der Waals surface area contributed by atoms with Crippen molar-refractivity contribution >= 4 is 27.6 Å². The third-order valence-corrected chi connectivity index (χ3v) is 7.22. The highest BCUT2D eigenvalue weighted by molar-refractivity contribution is 7.89. The molecule has 0 saturated heterocycles. The van der Waals surface area contributed by atoms with Crippen molar-refractivity contribution in [2.24, 2.45) is 0 Å². The number of carbonyl (C=O) groups is 2. The normalized spacial score (nSPS) is 15.0. The first-order valence-corrected chi connectivity index (χ1v) is 11.4. The maximum Gasteiger partial charge on any atom is 0.338 e. The molecule has 30 heavy (non-hydrogen) atoms. The van der Waals surface area contributed by atoms with Crippen molar-refractivity contribution in [3.8, 4) is 0 Å². The number of amides is 1. The number of para-hydroxylation sites is 1. The molecule has 0 spiro atoms. The molecule has 1 fully saturated rings. The molecule has 3 rings (SSSR count). The summed E-state index contributed by atoms with van der Waals surface area (Å²) in [6.45, 7) is -0.513. The van der Waals surface area contributed by atoms with E-state index in [9.17, 15) is 18.0 Å². The van der Waals surface area contributed by atoms with Gasteiger partial charge in [0.15, 0.2) is 6.61 Å². The Labute approximate surface area is 177 Å². The Morgan fingerprint density at radius 1 is 1.00 bits per heavy atom. The molecule has 0 radical (unpaired) electrons. The van der Waals surface area contributed by atoms with Crippen LogP contribution in [0.5, 0.6) is 0 Å². The van der Waals surface area contributed by atoms with Crippen molar-refractivity contribution in [3.63, 3.8) is 0 Å². The predicted molar refractivity (Wildman–Crippen MR) is 114 cm³/mol. The van der Waals surface area contributed by atoms with E-state index in [1.807, 2.05) is 0 Å². The summed E-state index contributed by atoms with van der Waals surface area (Å²) in [6.07, 6.45) is 4.81. The zero-order valence-corrected chi connectivity index (χ0v) is 17.7. The Hall–Kier alpha value is -2.71. The maximum absolute atomic E-state index is 13.2. The second kappa shape index (κ2) is 9.86. The van der Waals surface area contributed by atoms with E-state index in [1.165, 1.54) is 16.4 Å². The Bertz CT molecular complexity index is 986. The van der Waals surface area contributed by atoms with Crippen LogP contribution in [0.15, 0.2) is 59.5 Å². The fraction of sp³-hybridized carbons (Fsp3) is 0.364. The molecule has 1 amide bonds. The molecular formula is C22H26N2O5S. The van der Waals surface area contributed by atoms with Crippen molar-refractivity contribution in [1.82, 2.24) is 4.31 Å². The Morgan fingerprint density at radius 3 is 2.33 bits per heavy atom. The quantitative estimate of drug-likeness (QED) is 0.680. The van der Waals surface area contributed by atoms with Gasteiger partial charge in [-0.3, -0.25) is 4.79 Å². The molecule has 160 valence electrons. The zero-order valence-electron chi connectivity index (χ0n) is 16.9. The number of sulfonamides is 1. The minimum atomic E-state index is -3.78. The average molecular weight is 431 g/mol. The van der Waals surface area contributed by atoms with Gasteiger partial charge in [-0.05, 0) is 37.1 Å². The largest absolute Gasteiger partial charge is 0.452 e. The van der Waals surface area contributed by atoms with E-state index in [2.05, 4.69) is 5.32 Å². The lowest BCUT2D eigenvalue weighted by Gasteiger charge is -2.30. The van der Waals surface area contributed by atoms with E-state index in [4.69, 9.17) is 4.74 Å². The fourth-order valence-electron chi connectivity index (χ4n) is 3.57. The molecule has 0 unspecified atom stereocenters. The van der Waals surface area contributed by atoms with Crippen LogP contribution in [0.3, 0.4) is 0 Å². The predicted octanol–water partition coefficient (Wildman–Crippen LogP) is 3.44. The molecule has 0 aromatic heterocycles. The Balaban J connectivity index is 1.68. The first-order valence-electron chi connectivity index (χ1n) is 9.98. The molecule has 7 nitrogen and oxygen atoms in total. The minimum absolute atomic E-state index is 0.0285. The molecule has 8 heteroatoms. The number of esters is 1. The molecule has 1 saturated carbocycles. The van der Waals surface area contributed by atoms with Crippen molar-refractivity contribution in [2.45, 2.75) is 43.0 Å². The lowest BCUT2D eigenvalue weighted by molar-refractivity contribution is -0.119. The molecule has 0 aliphatic heterocycles. The van der Waals surface area contributed by atoms with Gasteiger partial charge in [0.25, 0.3) is 5.91 Å². The first kappa shape index (κ1) is 22.0. The third kappa shape index (κ3) is 5.25. The summed E-state index contributed by atoms with van der Waals surface area (Å²) in [6, 6.07) is 14.6. The molecule has 1 aliphatic carbocycles. The fourth-order valence-corrected chi connectivity index (χ4v) is 5.13. The minimum Gasteiger partial charge on any atom is -0.452 e. The third-order valence-electron chi connectivity index (χ3n) is 5.25. The van der Waals surface area contributed by atoms with Crippen LogP contribution < -0.4 is 5.32 Å². The van der Waals surface area contributed by atoms with Gasteiger partial charge in [0, 0.05) is 13.1 Å².